The molecule has 0 aliphatic rings. The fraction of sp³-hybridized carbons (Fsp3) is 0.286. The monoisotopic (exact) mass is 276 g/mol. The van der Waals surface area contributed by atoms with Crippen molar-refractivity contribution in [2.24, 2.45) is 0 Å². The number of alkyl halides is 5. The lowest BCUT2D eigenvalue weighted by molar-refractivity contribution is -0.388. The van der Waals surface area contributed by atoms with Crippen LogP contribution in [0, 0.1) is 16.1 Å². The van der Waals surface area contributed by atoms with Crippen molar-refractivity contribution in [3.05, 3.63) is 27.8 Å². The molecule has 11 heteroatoms. The zero-order chi connectivity index (χ0) is 14.1. The summed E-state index contributed by atoms with van der Waals surface area (Å²) in [5, 5.41) is 10.2. The van der Waals surface area contributed by atoms with Crippen LogP contribution in [0.5, 0.6) is 5.75 Å². The lowest BCUT2D eigenvalue weighted by Gasteiger charge is -2.11. The molecular formula is C7H2F6N2O3. The molecule has 5 nitrogen and oxygen atoms in total. The Labute approximate surface area is 94.1 Å². The smallest absolute Gasteiger partial charge is 0.403 e. The van der Waals surface area contributed by atoms with Crippen LogP contribution in [0.15, 0.2) is 6.07 Å². The maximum atomic E-state index is 12.9. The van der Waals surface area contributed by atoms with Gasteiger partial charge in [0.1, 0.15) is 0 Å². The Morgan fingerprint density at radius 3 is 2.33 bits per heavy atom. The number of rotatable bonds is 3. The third-order valence-electron chi connectivity index (χ3n) is 1.58. The van der Waals surface area contributed by atoms with Crippen LogP contribution in [0.3, 0.4) is 0 Å². The van der Waals surface area contributed by atoms with E-state index in [4.69, 9.17) is 0 Å². The summed E-state index contributed by atoms with van der Waals surface area (Å²) in [5.41, 5.74) is -3.17. The minimum absolute atomic E-state index is 0.0999. The lowest BCUT2D eigenvalue weighted by Crippen LogP contribution is -2.19. The largest absolute Gasteiger partial charge is 0.573 e. The molecular weight excluding hydrogens is 274 g/mol. The summed E-state index contributed by atoms with van der Waals surface area (Å²) in [5.74, 6) is -3.55. The molecule has 0 N–H and O–H groups in total. The molecule has 100 valence electrons. The van der Waals surface area contributed by atoms with E-state index in [1.807, 2.05) is 0 Å². The summed E-state index contributed by atoms with van der Waals surface area (Å²) in [7, 11) is 0. The molecule has 0 spiro atoms. The van der Waals surface area contributed by atoms with Gasteiger partial charge in [0.2, 0.25) is 0 Å². The van der Waals surface area contributed by atoms with Crippen LogP contribution in [0.1, 0.15) is 12.1 Å². The van der Waals surface area contributed by atoms with Crippen molar-refractivity contribution in [3.63, 3.8) is 0 Å². The van der Waals surface area contributed by atoms with Gasteiger partial charge < -0.3 is 4.74 Å². The summed E-state index contributed by atoms with van der Waals surface area (Å²) in [4.78, 5) is 11.2. The minimum atomic E-state index is -5.36. The molecule has 1 rings (SSSR count). The van der Waals surface area contributed by atoms with Gasteiger partial charge in [0.05, 0.1) is 11.0 Å². The zero-order valence-corrected chi connectivity index (χ0v) is 8.04. The molecule has 0 radical (unpaired) electrons. The van der Waals surface area contributed by atoms with Gasteiger partial charge in [-0.2, -0.15) is 4.39 Å². The normalized spacial score (nSPS) is 11.7. The first kappa shape index (κ1) is 14.0. The van der Waals surface area contributed by atoms with Crippen molar-refractivity contribution in [2.75, 3.05) is 0 Å². The molecule has 0 aliphatic heterocycles. The van der Waals surface area contributed by atoms with E-state index in [1.165, 1.54) is 0 Å². The number of hydrogen-bond donors (Lipinski definition) is 0. The van der Waals surface area contributed by atoms with Crippen molar-refractivity contribution in [3.8, 4) is 5.75 Å². The molecule has 0 aliphatic carbocycles. The average Bonchev–Trinajstić information content (AvgIpc) is 2.17. The summed E-state index contributed by atoms with van der Waals surface area (Å²) >= 11 is 0. The van der Waals surface area contributed by atoms with Gasteiger partial charge in [-0.1, -0.05) is 0 Å². The van der Waals surface area contributed by atoms with Crippen molar-refractivity contribution >= 4 is 5.69 Å². The van der Waals surface area contributed by atoms with E-state index < -0.39 is 40.8 Å². The Hall–Kier alpha value is -2.07. The fourth-order valence-corrected chi connectivity index (χ4v) is 0.967. The van der Waals surface area contributed by atoms with Crippen LogP contribution in [0.25, 0.3) is 0 Å². The first-order valence-corrected chi connectivity index (χ1v) is 4.00. The van der Waals surface area contributed by atoms with E-state index in [9.17, 15) is 36.5 Å². The number of aromatic nitrogens is 1. The quantitative estimate of drug-likeness (QED) is 0.368. The highest BCUT2D eigenvalue weighted by atomic mass is 19.4. The maximum Gasteiger partial charge on any atom is 0.573 e. The molecule has 1 heterocycles. The van der Waals surface area contributed by atoms with Gasteiger partial charge in [0.25, 0.3) is 12.4 Å². The summed E-state index contributed by atoms with van der Waals surface area (Å²) in [6, 6.07) is -0.0999. The topological polar surface area (TPSA) is 65.3 Å². The number of pyridine rings is 1. The molecule has 0 amide bonds. The number of ether oxygens (including phenoxy) is 1. The first-order chi connectivity index (χ1) is 8.11. The van der Waals surface area contributed by atoms with E-state index in [-0.39, 0.29) is 6.07 Å². The Kier molecular flexibility index (Phi) is 3.62. The predicted octanol–water partition coefficient (Wildman–Crippen LogP) is 2.97. The lowest BCUT2D eigenvalue weighted by atomic mass is 10.3. The summed E-state index contributed by atoms with van der Waals surface area (Å²) in [6.45, 7) is 0. The van der Waals surface area contributed by atoms with Gasteiger partial charge in [0, 0.05) is 0 Å². The molecule has 1 aromatic heterocycles. The molecule has 0 fully saturated rings. The third kappa shape index (κ3) is 3.21. The Morgan fingerprint density at radius 1 is 1.39 bits per heavy atom. The van der Waals surface area contributed by atoms with Crippen molar-refractivity contribution < 1.29 is 36.0 Å². The highest BCUT2D eigenvalue weighted by Gasteiger charge is 2.36. The van der Waals surface area contributed by atoms with Gasteiger partial charge in [-0.05, 0) is 0 Å². The Bertz CT molecular complexity index is 475. The highest BCUT2D eigenvalue weighted by Crippen LogP contribution is 2.34. The summed E-state index contributed by atoms with van der Waals surface area (Å²) in [6.07, 6.45) is -8.95. The van der Waals surface area contributed by atoms with Crippen molar-refractivity contribution in [2.45, 2.75) is 12.8 Å². The van der Waals surface area contributed by atoms with E-state index in [1.54, 1.807) is 0 Å². The van der Waals surface area contributed by atoms with Crippen molar-refractivity contribution in [1.29, 1.82) is 0 Å². The van der Waals surface area contributed by atoms with Gasteiger partial charge in [-0.3, -0.25) is 10.1 Å². The van der Waals surface area contributed by atoms with Crippen LogP contribution in [-0.2, 0) is 0 Å². The Balaban J connectivity index is 3.35. The molecule has 0 bridgehead atoms. The van der Waals surface area contributed by atoms with E-state index >= 15 is 0 Å². The standard InChI is InChI=1S/C7H2F6N2O3/c8-5(9)4-3(18-7(11,12)13)1-2(15(16)17)6(10)14-4/h1,5H. The fourth-order valence-electron chi connectivity index (χ4n) is 0.967. The van der Waals surface area contributed by atoms with Crippen LogP contribution in [0.2, 0.25) is 0 Å². The number of hydrogen-bond acceptors (Lipinski definition) is 4. The molecule has 18 heavy (non-hydrogen) atoms. The minimum Gasteiger partial charge on any atom is -0.403 e. The second-order valence-electron chi connectivity index (χ2n) is 2.79. The SMILES string of the molecule is O=[N+]([O-])c1cc(OC(F)(F)F)c(C(F)F)nc1F. The Morgan fingerprint density at radius 2 is 1.94 bits per heavy atom. The zero-order valence-electron chi connectivity index (χ0n) is 8.04. The molecule has 0 saturated carbocycles. The van der Waals surface area contributed by atoms with Gasteiger partial charge in [-0.25, -0.2) is 13.8 Å². The second-order valence-corrected chi connectivity index (χ2v) is 2.79. The van der Waals surface area contributed by atoms with E-state index in [0.29, 0.717) is 0 Å². The number of nitro groups is 1. The number of nitrogens with zero attached hydrogens (tertiary/aromatic N) is 2. The molecule has 1 aromatic rings. The van der Waals surface area contributed by atoms with Gasteiger partial charge in [-0.15, -0.1) is 13.2 Å². The van der Waals surface area contributed by atoms with Crippen LogP contribution in [-0.4, -0.2) is 16.3 Å². The van der Waals surface area contributed by atoms with Crippen LogP contribution < -0.4 is 4.74 Å². The van der Waals surface area contributed by atoms with Gasteiger partial charge in [0.15, 0.2) is 11.4 Å². The molecule has 0 atom stereocenters. The molecule has 0 aromatic carbocycles. The maximum absolute atomic E-state index is 12.9. The number of halogens is 6. The third-order valence-corrected chi connectivity index (χ3v) is 1.58. The first-order valence-electron chi connectivity index (χ1n) is 4.00. The molecule has 0 saturated heterocycles. The van der Waals surface area contributed by atoms with Crippen LogP contribution in [0.4, 0.5) is 32.0 Å². The average molecular weight is 276 g/mol. The van der Waals surface area contributed by atoms with E-state index in [0.717, 1.165) is 0 Å². The van der Waals surface area contributed by atoms with E-state index in [2.05, 4.69) is 9.72 Å². The van der Waals surface area contributed by atoms with Crippen LogP contribution >= 0.6 is 0 Å². The molecule has 0 unspecified atom stereocenters. The summed E-state index contributed by atoms with van der Waals surface area (Å²) < 4.78 is 76.1. The highest BCUT2D eigenvalue weighted by molar-refractivity contribution is 5.40. The predicted molar refractivity (Wildman–Crippen MR) is 42.5 cm³/mol. The van der Waals surface area contributed by atoms with Gasteiger partial charge >= 0.3 is 12.0 Å². The van der Waals surface area contributed by atoms with Crippen molar-refractivity contribution in [1.82, 2.24) is 4.98 Å². The second kappa shape index (κ2) is 4.66.